The van der Waals surface area contributed by atoms with E-state index in [-0.39, 0.29) is 11.9 Å². The zero-order valence-electron chi connectivity index (χ0n) is 11.3. The molecule has 1 aliphatic heterocycles. The van der Waals surface area contributed by atoms with Crippen molar-refractivity contribution in [3.05, 3.63) is 29.3 Å². The third kappa shape index (κ3) is 3.05. The molecule has 5 heteroatoms. The summed E-state index contributed by atoms with van der Waals surface area (Å²) < 4.78 is 5.42. The van der Waals surface area contributed by atoms with Gasteiger partial charge in [0.25, 0.3) is 0 Å². The van der Waals surface area contributed by atoms with Gasteiger partial charge in [0.2, 0.25) is 0 Å². The Labute approximate surface area is 112 Å². The molecule has 19 heavy (non-hydrogen) atoms. The molecule has 1 aromatic carbocycles. The van der Waals surface area contributed by atoms with Gasteiger partial charge in [0.15, 0.2) is 0 Å². The summed E-state index contributed by atoms with van der Waals surface area (Å²) >= 11 is 0. The summed E-state index contributed by atoms with van der Waals surface area (Å²) in [6.45, 7) is 6.08. The zero-order valence-corrected chi connectivity index (χ0v) is 11.3. The van der Waals surface area contributed by atoms with Crippen LogP contribution in [-0.4, -0.2) is 29.5 Å². The maximum atomic E-state index is 12.1. The van der Waals surface area contributed by atoms with Crippen LogP contribution in [0, 0.1) is 0 Å². The number of nitrogens with one attached hydrogen (secondary N) is 1. The molecule has 1 unspecified atom stereocenters. The molecule has 0 saturated carbocycles. The molecule has 0 saturated heterocycles. The molecule has 2 N–H and O–H groups in total. The Morgan fingerprint density at radius 3 is 2.89 bits per heavy atom. The molecular formula is C14H18N2O3. The molecule has 0 aromatic heterocycles. The Balaban J connectivity index is 2.25. The first kappa shape index (κ1) is 13.4. The third-order valence-corrected chi connectivity index (χ3v) is 2.85. The summed E-state index contributed by atoms with van der Waals surface area (Å²) in [7, 11) is 0. The fourth-order valence-corrected chi connectivity index (χ4v) is 2.08. The lowest BCUT2D eigenvalue weighted by atomic mass is 9.99. The van der Waals surface area contributed by atoms with Crippen molar-refractivity contribution in [1.82, 2.24) is 0 Å². The Kier molecular flexibility index (Phi) is 3.46. The quantitative estimate of drug-likeness (QED) is 0.371. The summed E-state index contributed by atoms with van der Waals surface area (Å²) in [4.78, 5) is 12.1. The van der Waals surface area contributed by atoms with Gasteiger partial charge in [-0.2, -0.15) is 0 Å². The summed E-state index contributed by atoms with van der Waals surface area (Å²) in [5.41, 5.74) is 2.06. The molecule has 1 aliphatic rings. The maximum Gasteiger partial charge on any atom is 0.315 e. The molecule has 0 fully saturated rings. The van der Waals surface area contributed by atoms with Crippen LogP contribution in [0.5, 0.6) is 0 Å². The maximum absolute atomic E-state index is 12.1. The Bertz CT molecular complexity index is 518. The van der Waals surface area contributed by atoms with Crippen LogP contribution in [0.1, 0.15) is 37.8 Å². The number of nitrogens with zero attached hydrogens (tertiary/aromatic N) is 1. The number of carbonyl (C=O) groups is 1. The van der Waals surface area contributed by atoms with Crippen molar-refractivity contribution in [3.63, 3.8) is 0 Å². The molecule has 0 bridgehead atoms. The minimum Gasteiger partial charge on any atom is -0.459 e. The van der Waals surface area contributed by atoms with Gasteiger partial charge in [0, 0.05) is 12.2 Å². The number of carbonyl (C=O) groups excluding carboxylic acids is 1. The van der Waals surface area contributed by atoms with E-state index < -0.39 is 5.60 Å². The van der Waals surface area contributed by atoms with Gasteiger partial charge in [-0.3, -0.25) is 4.79 Å². The fraction of sp³-hybridized carbons (Fsp3) is 0.429. The molecule has 0 radical (unpaired) electrons. The average molecular weight is 262 g/mol. The van der Waals surface area contributed by atoms with Gasteiger partial charge < -0.3 is 15.3 Å². The minimum absolute atomic E-state index is 0.239. The second kappa shape index (κ2) is 4.91. The molecule has 0 aliphatic carbocycles. The average Bonchev–Trinajstić information content (AvgIpc) is 2.70. The highest BCUT2D eigenvalue weighted by Crippen LogP contribution is 2.33. The Hall–Kier alpha value is -2.04. The molecule has 0 spiro atoms. The van der Waals surface area contributed by atoms with Crippen molar-refractivity contribution < 1.29 is 14.7 Å². The monoisotopic (exact) mass is 262 g/mol. The summed E-state index contributed by atoms with van der Waals surface area (Å²) in [5, 5.41) is 14.7. The number of anilines is 1. The largest absolute Gasteiger partial charge is 0.459 e. The SMILES string of the molecule is CC(C)(C)OC(=O)C1CNc2ccc(/C=N/O)cc21. The second-order valence-electron chi connectivity index (χ2n) is 5.56. The van der Waals surface area contributed by atoms with E-state index in [0.29, 0.717) is 6.54 Å². The van der Waals surface area contributed by atoms with Crippen LogP contribution in [0.3, 0.4) is 0 Å². The number of fused-ring (bicyclic) bond motifs is 1. The molecule has 102 valence electrons. The molecule has 1 heterocycles. The summed E-state index contributed by atoms with van der Waals surface area (Å²) in [6, 6.07) is 5.53. The van der Waals surface area contributed by atoms with Crippen LogP contribution in [0.2, 0.25) is 0 Å². The van der Waals surface area contributed by atoms with E-state index in [4.69, 9.17) is 9.94 Å². The molecule has 0 amide bonds. The van der Waals surface area contributed by atoms with Crippen molar-refractivity contribution in [2.45, 2.75) is 32.3 Å². The highest BCUT2D eigenvalue weighted by Gasteiger charge is 2.32. The first-order valence-electron chi connectivity index (χ1n) is 6.19. The van der Waals surface area contributed by atoms with E-state index in [1.54, 1.807) is 0 Å². The highest BCUT2D eigenvalue weighted by atomic mass is 16.6. The fourth-order valence-electron chi connectivity index (χ4n) is 2.08. The van der Waals surface area contributed by atoms with Gasteiger partial charge in [-0.15, -0.1) is 0 Å². The van der Waals surface area contributed by atoms with E-state index in [1.807, 2.05) is 39.0 Å². The molecular weight excluding hydrogens is 244 g/mol. The van der Waals surface area contributed by atoms with Gasteiger partial charge in [-0.25, -0.2) is 0 Å². The van der Waals surface area contributed by atoms with E-state index in [9.17, 15) is 4.79 Å². The predicted octanol–water partition coefficient (Wildman–Crippen LogP) is 2.35. The van der Waals surface area contributed by atoms with Gasteiger partial charge in [-0.05, 0) is 44.0 Å². The van der Waals surface area contributed by atoms with Crippen molar-refractivity contribution in [2.24, 2.45) is 5.16 Å². The van der Waals surface area contributed by atoms with Crippen LogP contribution >= 0.6 is 0 Å². The third-order valence-electron chi connectivity index (χ3n) is 2.85. The molecule has 1 aromatic rings. The Morgan fingerprint density at radius 2 is 2.26 bits per heavy atom. The number of hydrogen-bond acceptors (Lipinski definition) is 5. The Morgan fingerprint density at radius 1 is 1.53 bits per heavy atom. The van der Waals surface area contributed by atoms with Crippen LogP contribution < -0.4 is 5.32 Å². The molecule has 5 nitrogen and oxygen atoms in total. The number of hydrogen-bond donors (Lipinski definition) is 2. The predicted molar refractivity (Wildman–Crippen MR) is 72.9 cm³/mol. The summed E-state index contributed by atoms with van der Waals surface area (Å²) in [5.74, 6) is -0.557. The topological polar surface area (TPSA) is 70.9 Å². The van der Waals surface area contributed by atoms with Crippen LogP contribution in [0.4, 0.5) is 5.69 Å². The number of benzene rings is 1. The standard InChI is InChI=1S/C14H18N2O3/c1-14(2,3)19-13(17)11-8-15-12-5-4-9(7-16-18)6-10(11)12/h4-7,11,15,18H,8H2,1-3H3/b16-7+. The van der Waals surface area contributed by atoms with Crippen LogP contribution in [-0.2, 0) is 9.53 Å². The van der Waals surface area contributed by atoms with E-state index in [2.05, 4.69) is 10.5 Å². The van der Waals surface area contributed by atoms with Crippen molar-refractivity contribution in [1.29, 1.82) is 0 Å². The zero-order chi connectivity index (χ0) is 14.0. The summed E-state index contributed by atoms with van der Waals surface area (Å²) in [6.07, 6.45) is 1.34. The lowest BCUT2D eigenvalue weighted by Crippen LogP contribution is -2.28. The lowest BCUT2D eigenvalue weighted by molar-refractivity contribution is -0.156. The normalized spacial score (nSPS) is 18.2. The van der Waals surface area contributed by atoms with Gasteiger partial charge >= 0.3 is 5.97 Å². The lowest BCUT2D eigenvalue weighted by Gasteiger charge is -2.22. The van der Waals surface area contributed by atoms with E-state index >= 15 is 0 Å². The second-order valence-corrected chi connectivity index (χ2v) is 5.56. The van der Waals surface area contributed by atoms with Gasteiger partial charge in [0.05, 0.1) is 6.21 Å². The molecule has 1 atom stereocenters. The smallest absolute Gasteiger partial charge is 0.315 e. The number of oxime groups is 1. The van der Waals surface area contributed by atoms with Crippen LogP contribution in [0.25, 0.3) is 0 Å². The first-order valence-corrected chi connectivity index (χ1v) is 6.19. The van der Waals surface area contributed by atoms with Crippen LogP contribution in [0.15, 0.2) is 23.4 Å². The van der Waals surface area contributed by atoms with Crippen molar-refractivity contribution in [3.8, 4) is 0 Å². The number of esters is 1. The minimum atomic E-state index is -0.496. The number of ether oxygens (including phenoxy) is 1. The van der Waals surface area contributed by atoms with Crippen molar-refractivity contribution >= 4 is 17.9 Å². The van der Waals surface area contributed by atoms with Crippen molar-refractivity contribution in [2.75, 3.05) is 11.9 Å². The van der Waals surface area contributed by atoms with Gasteiger partial charge in [-0.1, -0.05) is 11.2 Å². The number of rotatable bonds is 2. The first-order chi connectivity index (χ1) is 8.90. The molecule has 2 rings (SSSR count). The van der Waals surface area contributed by atoms with E-state index in [1.165, 1.54) is 6.21 Å². The highest BCUT2D eigenvalue weighted by molar-refractivity contribution is 5.87. The van der Waals surface area contributed by atoms with E-state index in [0.717, 1.165) is 16.8 Å². The van der Waals surface area contributed by atoms with Gasteiger partial charge in [0.1, 0.15) is 11.5 Å².